The molecule has 0 aliphatic rings. The van der Waals surface area contributed by atoms with Gasteiger partial charge in [-0.15, -0.1) is 0 Å². The van der Waals surface area contributed by atoms with Crippen LogP contribution in [0, 0.1) is 5.92 Å². The molecule has 112 valence electrons. The molecule has 19 heavy (non-hydrogen) atoms. The topological polar surface area (TPSA) is 15.6 Å². The maximum Gasteiger partial charge on any atom is 0.0360 e. The van der Waals surface area contributed by atoms with Crippen molar-refractivity contribution < 1.29 is 0 Å². The number of aliphatic imine (C=N–C) groups is 1. The quantitative estimate of drug-likeness (QED) is 0.550. The zero-order valence-electron chi connectivity index (χ0n) is 13.6. The number of nitrogens with zero attached hydrogens (tertiary/aromatic N) is 2. The summed E-state index contributed by atoms with van der Waals surface area (Å²) >= 11 is 2.09. The lowest BCUT2D eigenvalue weighted by Gasteiger charge is -2.19. The van der Waals surface area contributed by atoms with E-state index in [-0.39, 0.29) is 0 Å². The molecule has 3 heteroatoms. The van der Waals surface area contributed by atoms with Crippen molar-refractivity contribution in [3.05, 3.63) is 11.8 Å². The van der Waals surface area contributed by atoms with Crippen molar-refractivity contribution in [2.75, 3.05) is 26.4 Å². The highest BCUT2D eigenvalue weighted by molar-refractivity contribution is 7.99. The molecule has 0 saturated carbocycles. The predicted octanol–water partition coefficient (Wildman–Crippen LogP) is 4.47. The van der Waals surface area contributed by atoms with E-state index in [2.05, 4.69) is 69.5 Å². The molecule has 0 aromatic rings. The van der Waals surface area contributed by atoms with Gasteiger partial charge in [-0.2, -0.15) is 11.8 Å². The van der Waals surface area contributed by atoms with Gasteiger partial charge in [-0.05, 0) is 37.5 Å². The molecule has 0 aliphatic heterocycles. The van der Waals surface area contributed by atoms with Gasteiger partial charge in [-0.1, -0.05) is 27.2 Å². The van der Waals surface area contributed by atoms with Gasteiger partial charge >= 0.3 is 0 Å². The van der Waals surface area contributed by atoms with E-state index in [0.29, 0.717) is 0 Å². The normalized spacial score (nSPS) is 15.8. The van der Waals surface area contributed by atoms with E-state index in [4.69, 9.17) is 0 Å². The molecule has 2 nitrogen and oxygen atoms in total. The van der Waals surface area contributed by atoms with Gasteiger partial charge in [0.25, 0.3) is 0 Å². The maximum absolute atomic E-state index is 4.25. The van der Waals surface area contributed by atoms with Gasteiger partial charge in [-0.3, -0.25) is 4.99 Å². The van der Waals surface area contributed by atoms with Crippen LogP contribution in [0.3, 0.4) is 0 Å². The standard InChI is InChI=1S/C16H32N2S/c1-7-14(3)13-15(4)19-12-10-16(18(5)6)9-11-17-8-2/h9,11,14-15H,7-8,10,12-13H2,1-6H3/b16-9-,17-11-/t14?,15-/m1/s1. The summed E-state index contributed by atoms with van der Waals surface area (Å²) < 4.78 is 0. The van der Waals surface area contributed by atoms with Crippen LogP contribution in [0.25, 0.3) is 0 Å². The Hall–Kier alpha value is -0.440. The number of rotatable bonds is 10. The van der Waals surface area contributed by atoms with Crippen LogP contribution in [-0.2, 0) is 0 Å². The summed E-state index contributed by atoms with van der Waals surface area (Å²) in [4.78, 5) is 6.45. The van der Waals surface area contributed by atoms with E-state index < -0.39 is 0 Å². The van der Waals surface area contributed by atoms with Crippen LogP contribution < -0.4 is 0 Å². The number of hydrogen-bond donors (Lipinski definition) is 0. The van der Waals surface area contributed by atoms with Crippen LogP contribution in [0.2, 0.25) is 0 Å². The Morgan fingerprint density at radius 2 is 1.95 bits per heavy atom. The van der Waals surface area contributed by atoms with Gasteiger partial charge in [0.1, 0.15) is 0 Å². The first-order valence-corrected chi connectivity index (χ1v) is 8.53. The fourth-order valence-electron chi connectivity index (χ4n) is 1.87. The van der Waals surface area contributed by atoms with Crippen LogP contribution in [0.15, 0.2) is 16.8 Å². The highest BCUT2D eigenvalue weighted by atomic mass is 32.2. The third-order valence-electron chi connectivity index (χ3n) is 3.32. The molecule has 0 amide bonds. The van der Waals surface area contributed by atoms with E-state index in [1.165, 1.54) is 24.3 Å². The summed E-state index contributed by atoms with van der Waals surface area (Å²) in [5, 5.41) is 0.766. The molecule has 0 aromatic carbocycles. The minimum atomic E-state index is 0.766. The fourth-order valence-corrected chi connectivity index (χ4v) is 3.06. The van der Waals surface area contributed by atoms with Gasteiger partial charge in [0.2, 0.25) is 0 Å². The van der Waals surface area contributed by atoms with Gasteiger partial charge in [0.15, 0.2) is 0 Å². The van der Waals surface area contributed by atoms with E-state index in [0.717, 1.165) is 24.1 Å². The number of thioether (sulfide) groups is 1. The van der Waals surface area contributed by atoms with Crippen LogP contribution in [0.5, 0.6) is 0 Å². The maximum atomic E-state index is 4.25. The average Bonchev–Trinajstić information content (AvgIpc) is 2.36. The lowest BCUT2D eigenvalue weighted by atomic mass is 10.0. The van der Waals surface area contributed by atoms with Crippen molar-refractivity contribution >= 4 is 18.0 Å². The summed E-state index contributed by atoms with van der Waals surface area (Å²) in [6, 6.07) is 0. The minimum absolute atomic E-state index is 0.766. The summed E-state index contributed by atoms with van der Waals surface area (Å²) in [5.41, 5.74) is 1.36. The molecule has 0 fully saturated rings. The van der Waals surface area contributed by atoms with Crippen molar-refractivity contribution in [1.82, 2.24) is 4.90 Å². The Kier molecular flexibility index (Phi) is 11.1. The fraction of sp³-hybridized carbons (Fsp3) is 0.812. The van der Waals surface area contributed by atoms with Crippen molar-refractivity contribution in [3.63, 3.8) is 0 Å². The first-order valence-electron chi connectivity index (χ1n) is 7.49. The highest BCUT2D eigenvalue weighted by Gasteiger charge is 2.08. The summed E-state index contributed by atoms with van der Waals surface area (Å²) in [7, 11) is 4.22. The van der Waals surface area contributed by atoms with Crippen LogP contribution in [-0.4, -0.2) is 42.8 Å². The van der Waals surface area contributed by atoms with Crippen molar-refractivity contribution in [2.24, 2.45) is 10.9 Å². The van der Waals surface area contributed by atoms with Crippen molar-refractivity contribution in [2.45, 2.75) is 52.2 Å². The SMILES string of the molecule is CC/N=C\C=C(\CCS[C@H](C)CC(C)CC)N(C)C. The van der Waals surface area contributed by atoms with Gasteiger partial charge < -0.3 is 4.90 Å². The van der Waals surface area contributed by atoms with Crippen molar-refractivity contribution in [3.8, 4) is 0 Å². The molecular formula is C16H32N2S. The molecule has 0 N–H and O–H groups in total. The first-order chi connectivity index (χ1) is 9.01. The third-order valence-corrected chi connectivity index (χ3v) is 4.52. The molecule has 0 bridgehead atoms. The Labute approximate surface area is 124 Å². The molecule has 0 spiro atoms. The minimum Gasteiger partial charge on any atom is -0.381 e. The average molecular weight is 285 g/mol. The van der Waals surface area contributed by atoms with Crippen molar-refractivity contribution in [1.29, 1.82) is 0 Å². The second kappa shape index (κ2) is 11.4. The Morgan fingerprint density at radius 1 is 1.26 bits per heavy atom. The van der Waals surface area contributed by atoms with Crippen LogP contribution in [0.1, 0.15) is 47.0 Å². The summed E-state index contributed by atoms with van der Waals surface area (Å²) in [5.74, 6) is 2.05. The monoisotopic (exact) mass is 284 g/mol. The van der Waals surface area contributed by atoms with E-state index in [9.17, 15) is 0 Å². The molecule has 0 saturated heterocycles. The predicted molar refractivity (Wildman–Crippen MR) is 91.4 cm³/mol. The zero-order chi connectivity index (χ0) is 14.7. The molecule has 0 rings (SSSR count). The Morgan fingerprint density at radius 3 is 2.47 bits per heavy atom. The molecule has 0 aromatic heterocycles. The third kappa shape index (κ3) is 10.1. The van der Waals surface area contributed by atoms with E-state index in [1.807, 2.05) is 6.21 Å². The molecule has 0 radical (unpaired) electrons. The summed E-state index contributed by atoms with van der Waals surface area (Å²) in [6.45, 7) is 9.91. The largest absolute Gasteiger partial charge is 0.381 e. The molecule has 0 heterocycles. The molecule has 0 aliphatic carbocycles. The van der Waals surface area contributed by atoms with Gasteiger partial charge in [0.05, 0.1) is 0 Å². The van der Waals surface area contributed by atoms with E-state index >= 15 is 0 Å². The smallest absolute Gasteiger partial charge is 0.0360 e. The first kappa shape index (κ1) is 18.6. The molecule has 2 atom stereocenters. The zero-order valence-corrected chi connectivity index (χ0v) is 14.5. The Balaban J connectivity index is 4.06. The van der Waals surface area contributed by atoms with Crippen LogP contribution in [0.4, 0.5) is 0 Å². The number of allylic oxidation sites excluding steroid dienone is 2. The second-order valence-electron chi connectivity index (χ2n) is 5.38. The van der Waals surface area contributed by atoms with E-state index in [1.54, 1.807) is 0 Å². The van der Waals surface area contributed by atoms with Gasteiger partial charge in [-0.25, -0.2) is 0 Å². The van der Waals surface area contributed by atoms with Gasteiger partial charge in [0, 0.05) is 37.8 Å². The molecule has 1 unspecified atom stereocenters. The second-order valence-corrected chi connectivity index (χ2v) is 6.93. The summed E-state index contributed by atoms with van der Waals surface area (Å²) in [6.07, 6.45) is 7.82. The number of hydrogen-bond acceptors (Lipinski definition) is 3. The molecular weight excluding hydrogens is 252 g/mol. The Bertz CT molecular complexity index is 272. The highest BCUT2D eigenvalue weighted by Crippen LogP contribution is 2.22. The lowest BCUT2D eigenvalue weighted by molar-refractivity contribution is 0.495. The van der Waals surface area contributed by atoms with Crippen LogP contribution >= 0.6 is 11.8 Å². The lowest BCUT2D eigenvalue weighted by Crippen LogP contribution is -2.13.